The van der Waals surface area contributed by atoms with Crippen molar-refractivity contribution in [2.75, 3.05) is 25.0 Å². The van der Waals surface area contributed by atoms with Gasteiger partial charge in [0, 0.05) is 18.7 Å². The second-order valence-corrected chi connectivity index (χ2v) is 6.83. The van der Waals surface area contributed by atoms with E-state index in [0.717, 1.165) is 38.8 Å². The quantitative estimate of drug-likeness (QED) is 0.752. The monoisotopic (exact) mass is 378 g/mol. The van der Waals surface area contributed by atoms with Crippen molar-refractivity contribution in [1.29, 1.82) is 0 Å². The molecule has 5 nitrogen and oxygen atoms in total. The van der Waals surface area contributed by atoms with Gasteiger partial charge < -0.3 is 15.0 Å². The number of carbonyl (C=O) groups is 2. The van der Waals surface area contributed by atoms with Crippen LogP contribution in [0.5, 0.6) is 5.75 Å². The number of rotatable bonds is 6. The highest BCUT2D eigenvalue weighted by Crippen LogP contribution is 2.21. The zero-order valence-corrected chi connectivity index (χ0v) is 16.0. The zero-order valence-electron chi connectivity index (χ0n) is 16.0. The van der Waals surface area contributed by atoms with Gasteiger partial charge in [0.1, 0.15) is 12.4 Å². The third-order valence-corrected chi connectivity index (χ3v) is 4.78. The predicted octanol–water partition coefficient (Wildman–Crippen LogP) is 4.52. The van der Waals surface area contributed by atoms with Crippen LogP contribution in [0.2, 0.25) is 0 Å². The fourth-order valence-electron chi connectivity index (χ4n) is 3.27. The van der Waals surface area contributed by atoms with E-state index in [1.807, 2.05) is 17.0 Å². The van der Waals surface area contributed by atoms with Crippen LogP contribution in [0.3, 0.4) is 0 Å². The summed E-state index contributed by atoms with van der Waals surface area (Å²) >= 11 is 0. The Morgan fingerprint density at radius 2 is 1.68 bits per heavy atom. The number of anilines is 1. The molecule has 0 atom stereocenters. The van der Waals surface area contributed by atoms with Gasteiger partial charge in [-0.25, -0.2) is 0 Å². The summed E-state index contributed by atoms with van der Waals surface area (Å²) in [5.41, 5.74) is 1.57. The number of ether oxygens (including phenoxy) is 1. The Labute approximate surface area is 166 Å². The van der Waals surface area contributed by atoms with E-state index in [9.17, 15) is 9.59 Å². The number of likely N-dealkylation sites (tertiary alicyclic amines) is 1. The first-order valence-corrected chi connectivity index (χ1v) is 9.72. The van der Waals surface area contributed by atoms with Crippen LogP contribution in [0.1, 0.15) is 46.4 Å². The predicted molar refractivity (Wildman–Crippen MR) is 111 cm³/mol. The van der Waals surface area contributed by atoms with Crippen LogP contribution in [0.4, 0.5) is 5.69 Å². The Morgan fingerprint density at radius 1 is 1.00 bits per heavy atom. The maximum atomic E-state index is 13.0. The van der Waals surface area contributed by atoms with Crippen LogP contribution in [0.15, 0.2) is 61.2 Å². The Balaban J connectivity index is 1.72. The van der Waals surface area contributed by atoms with Crippen molar-refractivity contribution in [3.8, 4) is 5.75 Å². The number of nitrogens with zero attached hydrogens (tertiary/aromatic N) is 1. The van der Waals surface area contributed by atoms with E-state index in [1.54, 1.807) is 42.5 Å². The van der Waals surface area contributed by atoms with Gasteiger partial charge in [0.15, 0.2) is 0 Å². The lowest BCUT2D eigenvalue weighted by molar-refractivity contribution is 0.0762. The van der Waals surface area contributed by atoms with Crippen molar-refractivity contribution in [2.24, 2.45) is 0 Å². The number of nitrogens with one attached hydrogen (secondary N) is 1. The molecule has 2 aromatic carbocycles. The molecule has 0 radical (unpaired) electrons. The van der Waals surface area contributed by atoms with Gasteiger partial charge in [-0.3, -0.25) is 9.59 Å². The molecular formula is C23H26N2O3. The summed E-state index contributed by atoms with van der Waals surface area (Å²) in [4.78, 5) is 27.5. The third kappa shape index (κ3) is 5.00. The van der Waals surface area contributed by atoms with Crippen molar-refractivity contribution < 1.29 is 14.3 Å². The minimum absolute atomic E-state index is 0.0222. The molecular weight excluding hydrogens is 352 g/mol. The second-order valence-electron chi connectivity index (χ2n) is 6.83. The van der Waals surface area contributed by atoms with Crippen molar-refractivity contribution in [2.45, 2.75) is 25.7 Å². The van der Waals surface area contributed by atoms with Crippen molar-refractivity contribution in [1.82, 2.24) is 4.90 Å². The Kier molecular flexibility index (Phi) is 6.84. The molecule has 0 bridgehead atoms. The van der Waals surface area contributed by atoms with Gasteiger partial charge in [-0.05, 0) is 49.2 Å². The lowest BCUT2D eigenvalue weighted by atomic mass is 10.1. The van der Waals surface area contributed by atoms with E-state index in [4.69, 9.17) is 4.74 Å². The van der Waals surface area contributed by atoms with Crippen LogP contribution >= 0.6 is 0 Å². The van der Waals surface area contributed by atoms with Gasteiger partial charge in [-0.15, -0.1) is 0 Å². The molecule has 3 rings (SSSR count). The van der Waals surface area contributed by atoms with Crippen LogP contribution in [0.25, 0.3) is 0 Å². The van der Waals surface area contributed by atoms with Crippen molar-refractivity contribution >= 4 is 17.5 Å². The van der Waals surface area contributed by atoms with Crippen LogP contribution in [-0.2, 0) is 0 Å². The maximum Gasteiger partial charge on any atom is 0.255 e. The summed E-state index contributed by atoms with van der Waals surface area (Å²) in [7, 11) is 0. The second kappa shape index (κ2) is 9.74. The van der Waals surface area contributed by atoms with Crippen molar-refractivity contribution in [3.05, 3.63) is 72.3 Å². The molecule has 2 amide bonds. The molecule has 28 heavy (non-hydrogen) atoms. The number of benzene rings is 2. The fourth-order valence-corrected chi connectivity index (χ4v) is 3.27. The molecule has 1 aliphatic heterocycles. The average Bonchev–Trinajstić information content (AvgIpc) is 3.02. The van der Waals surface area contributed by atoms with E-state index >= 15 is 0 Å². The average molecular weight is 378 g/mol. The first-order chi connectivity index (χ1) is 13.7. The minimum atomic E-state index is -0.258. The zero-order chi connectivity index (χ0) is 19.8. The third-order valence-electron chi connectivity index (χ3n) is 4.78. The van der Waals surface area contributed by atoms with E-state index in [0.29, 0.717) is 29.2 Å². The molecule has 146 valence electrons. The SMILES string of the molecule is C=CCOc1ccc(C(=O)Nc2ccccc2C(=O)N2CCCCCC2)cc1. The smallest absolute Gasteiger partial charge is 0.255 e. The standard InChI is InChI=1S/C23H26N2O3/c1-2-17-28-19-13-11-18(12-14-19)22(26)24-21-10-6-5-9-20(21)23(27)25-15-7-3-4-8-16-25/h2,5-6,9-14H,1,3-4,7-8,15-17H2,(H,24,26). The molecule has 1 aliphatic rings. The molecule has 0 aromatic heterocycles. The molecule has 0 aliphatic carbocycles. The number of hydrogen-bond donors (Lipinski definition) is 1. The lowest BCUT2D eigenvalue weighted by Crippen LogP contribution is -2.32. The van der Waals surface area contributed by atoms with Crippen LogP contribution < -0.4 is 10.1 Å². The Bertz CT molecular complexity index is 822. The van der Waals surface area contributed by atoms with Crippen molar-refractivity contribution in [3.63, 3.8) is 0 Å². The maximum absolute atomic E-state index is 13.0. The summed E-state index contributed by atoms with van der Waals surface area (Å²) in [5, 5.41) is 2.88. The first kappa shape index (κ1) is 19.7. The summed E-state index contributed by atoms with van der Waals surface area (Å²) < 4.78 is 5.44. The Hall–Kier alpha value is -3.08. The minimum Gasteiger partial charge on any atom is -0.490 e. The fraction of sp³-hybridized carbons (Fsp3) is 0.304. The van der Waals surface area contributed by atoms with Gasteiger partial charge in [0.25, 0.3) is 11.8 Å². The topological polar surface area (TPSA) is 58.6 Å². The molecule has 1 fully saturated rings. The number of hydrogen-bond acceptors (Lipinski definition) is 3. The van der Waals surface area contributed by atoms with Gasteiger partial charge in [-0.2, -0.15) is 0 Å². The van der Waals surface area contributed by atoms with Gasteiger partial charge >= 0.3 is 0 Å². The van der Waals surface area contributed by atoms with Crippen LogP contribution in [-0.4, -0.2) is 36.4 Å². The highest BCUT2D eigenvalue weighted by Gasteiger charge is 2.20. The molecule has 5 heteroatoms. The largest absolute Gasteiger partial charge is 0.490 e. The van der Waals surface area contributed by atoms with Gasteiger partial charge in [0.2, 0.25) is 0 Å². The number of para-hydroxylation sites is 1. The van der Waals surface area contributed by atoms with E-state index in [2.05, 4.69) is 11.9 Å². The number of amides is 2. The van der Waals surface area contributed by atoms with E-state index in [1.165, 1.54) is 0 Å². The summed E-state index contributed by atoms with van der Waals surface area (Å²) in [6.07, 6.45) is 6.04. The molecule has 1 N–H and O–H groups in total. The normalized spacial score (nSPS) is 14.1. The van der Waals surface area contributed by atoms with Crippen LogP contribution in [0, 0.1) is 0 Å². The summed E-state index contributed by atoms with van der Waals surface area (Å²) in [6.45, 7) is 5.57. The summed E-state index contributed by atoms with van der Waals surface area (Å²) in [5.74, 6) is 0.394. The highest BCUT2D eigenvalue weighted by molar-refractivity contribution is 6.09. The molecule has 2 aromatic rings. The first-order valence-electron chi connectivity index (χ1n) is 9.72. The summed E-state index contributed by atoms with van der Waals surface area (Å²) in [6, 6.07) is 14.1. The van der Waals surface area contributed by atoms with E-state index in [-0.39, 0.29) is 11.8 Å². The lowest BCUT2D eigenvalue weighted by Gasteiger charge is -2.22. The molecule has 0 spiro atoms. The molecule has 0 unspecified atom stereocenters. The number of carbonyl (C=O) groups excluding carboxylic acids is 2. The van der Waals surface area contributed by atoms with E-state index < -0.39 is 0 Å². The van der Waals surface area contributed by atoms with Gasteiger partial charge in [0.05, 0.1) is 11.3 Å². The highest BCUT2D eigenvalue weighted by atomic mass is 16.5. The molecule has 1 saturated heterocycles. The van der Waals surface area contributed by atoms with Gasteiger partial charge in [-0.1, -0.05) is 37.6 Å². The Morgan fingerprint density at radius 3 is 2.36 bits per heavy atom. The molecule has 0 saturated carbocycles. The molecule has 1 heterocycles.